The van der Waals surface area contributed by atoms with Gasteiger partial charge in [-0.25, -0.2) is 0 Å². The van der Waals surface area contributed by atoms with Crippen LogP contribution < -0.4 is 11.1 Å². The van der Waals surface area contributed by atoms with E-state index in [9.17, 15) is 4.79 Å². The van der Waals surface area contributed by atoms with Crippen LogP contribution in [-0.4, -0.2) is 22.1 Å². The summed E-state index contributed by atoms with van der Waals surface area (Å²) < 4.78 is 0. The predicted molar refractivity (Wildman–Crippen MR) is 71.3 cm³/mol. The van der Waals surface area contributed by atoms with Crippen molar-refractivity contribution in [1.29, 1.82) is 0 Å². The van der Waals surface area contributed by atoms with Crippen molar-refractivity contribution in [2.45, 2.75) is 57.4 Å². The van der Waals surface area contributed by atoms with Crippen molar-refractivity contribution in [1.82, 2.24) is 10.2 Å². The smallest absolute Gasteiger partial charge is 0.242 e. The standard InChI is InChI=1S/C13H22N4O/c1-9(14)13(18)15-12-8-11(16-17-12)10-6-4-2-3-5-7-10/h8-10H,2-7,14H2,1H3,(H2,15,16,17,18)/t9-/m1/s1. The number of aromatic amines is 1. The van der Waals surface area contributed by atoms with E-state index in [0.717, 1.165) is 5.69 Å². The molecule has 1 aliphatic rings. The monoisotopic (exact) mass is 250 g/mol. The molecule has 4 N–H and O–H groups in total. The highest BCUT2D eigenvalue weighted by Gasteiger charge is 2.17. The number of anilines is 1. The molecule has 1 aromatic heterocycles. The van der Waals surface area contributed by atoms with Gasteiger partial charge < -0.3 is 11.1 Å². The maximum atomic E-state index is 11.5. The molecule has 0 spiro atoms. The van der Waals surface area contributed by atoms with Gasteiger partial charge in [-0.2, -0.15) is 5.10 Å². The fraction of sp³-hybridized carbons (Fsp3) is 0.692. The minimum atomic E-state index is -0.511. The molecule has 100 valence electrons. The molecule has 1 atom stereocenters. The zero-order chi connectivity index (χ0) is 13.0. The van der Waals surface area contributed by atoms with Crippen LogP contribution in [-0.2, 0) is 4.79 Å². The number of carbonyl (C=O) groups excluding carboxylic acids is 1. The number of amides is 1. The van der Waals surface area contributed by atoms with Crippen molar-refractivity contribution in [3.05, 3.63) is 11.8 Å². The Morgan fingerprint density at radius 2 is 2.11 bits per heavy atom. The van der Waals surface area contributed by atoms with Crippen LogP contribution in [0.4, 0.5) is 5.82 Å². The minimum Gasteiger partial charge on any atom is -0.320 e. The highest BCUT2D eigenvalue weighted by molar-refractivity contribution is 5.93. The Labute approximate surface area is 108 Å². The van der Waals surface area contributed by atoms with Gasteiger partial charge in [0.15, 0.2) is 5.82 Å². The van der Waals surface area contributed by atoms with E-state index in [1.807, 2.05) is 6.07 Å². The van der Waals surface area contributed by atoms with Gasteiger partial charge in [0.05, 0.1) is 6.04 Å². The normalized spacial score (nSPS) is 19.2. The summed E-state index contributed by atoms with van der Waals surface area (Å²) in [5, 5.41) is 9.88. The number of nitrogens with two attached hydrogens (primary N) is 1. The molecule has 0 unspecified atom stereocenters. The van der Waals surface area contributed by atoms with E-state index >= 15 is 0 Å². The van der Waals surface area contributed by atoms with E-state index in [-0.39, 0.29) is 5.91 Å². The quantitative estimate of drug-likeness (QED) is 0.718. The third kappa shape index (κ3) is 3.32. The van der Waals surface area contributed by atoms with E-state index in [4.69, 9.17) is 5.73 Å². The maximum absolute atomic E-state index is 11.5. The largest absolute Gasteiger partial charge is 0.320 e. The molecule has 0 bridgehead atoms. The van der Waals surface area contributed by atoms with Crippen LogP contribution in [0.2, 0.25) is 0 Å². The first-order valence-corrected chi connectivity index (χ1v) is 6.78. The SMILES string of the molecule is C[C@@H](N)C(=O)Nc1cc(C2CCCCCC2)[nH]n1. The van der Waals surface area contributed by atoms with Crippen molar-refractivity contribution in [3.63, 3.8) is 0 Å². The van der Waals surface area contributed by atoms with Crippen LogP contribution >= 0.6 is 0 Å². The summed E-state index contributed by atoms with van der Waals surface area (Å²) in [4.78, 5) is 11.5. The van der Waals surface area contributed by atoms with Crippen molar-refractivity contribution in [2.24, 2.45) is 5.73 Å². The molecule has 1 aliphatic carbocycles. The molecule has 5 nitrogen and oxygen atoms in total. The Bertz CT molecular complexity index is 391. The van der Waals surface area contributed by atoms with Crippen LogP contribution in [0.1, 0.15) is 57.1 Å². The number of nitrogens with one attached hydrogen (secondary N) is 2. The van der Waals surface area contributed by atoms with Crippen molar-refractivity contribution >= 4 is 11.7 Å². The number of aromatic nitrogens is 2. The molecule has 1 amide bonds. The molecule has 1 aromatic rings. The predicted octanol–water partition coefficient (Wildman–Crippen LogP) is 2.13. The molecule has 0 aliphatic heterocycles. The number of nitrogens with zero attached hydrogens (tertiary/aromatic N) is 1. The first kappa shape index (κ1) is 13.1. The lowest BCUT2D eigenvalue weighted by Gasteiger charge is -2.10. The molecular weight excluding hydrogens is 228 g/mol. The number of hydrogen-bond acceptors (Lipinski definition) is 3. The van der Waals surface area contributed by atoms with Gasteiger partial charge in [0.1, 0.15) is 0 Å². The highest BCUT2D eigenvalue weighted by Crippen LogP contribution is 2.31. The summed E-state index contributed by atoms with van der Waals surface area (Å²) in [5.74, 6) is 0.936. The number of rotatable bonds is 3. The average Bonchev–Trinajstić information content (AvgIpc) is 2.63. The van der Waals surface area contributed by atoms with Gasteiger partial charge in [0.25, 0.3) is 0 Å². The lowest BCUT2D eigenvalue weighted by molar-refractivity contribution is -0.117. The van der Waals surface area contributed by atoms with E-state index in [2.05, 4.69) is 15.5 Å². The second-order valence-electron chi connectivity index (χ2n) is 5.17. The lowest BCUT2D eigenvalue weighted by Crippen LogP contribution is -2.32. The summed E-state index contributed by atoms with van der Waals surface area (Å²) in [6, 6.07) is 1.43. The van der Waals surface area contributed by atoms with Crippen molar-refractivity contribution < 1.29 is 4.79 Å². The first-order valence-electron chi connectivity index (χ1n) is 6.78. The van der Waals surface area contributed by atoms with Crippen LogP contribution in [0.5, 0.6) is 0 Å². The molecule has 0 radical (unpaired) electrons. The van der Waals surface area contributed by atoms with E-state index < -0.39 is 6.04 Å². The van der Waals surface area contributed by atoms with Crippen molar-refractivity contribution in [3.8, 4) is 0 Å². The Morgan fingerprint density at radius 3 is 2.72 bits per heavy atom. The van der Waals surface area contributed by atoms with Gasteiger partial charge in [0, 0.05) is 17.7 Å². The van der Waals surface area contributed by atoms with Crippen LogP contribution in [0.3, 0.4) is 0 Å². The summed E-state index contributed by atoms with van der Waals surface area (Å²) in [6.45, 7) is 1.66. The Kier molecular flexibility index (Phi) is 4.36. The van der Waals surface area contributed by atoms with Gasteiger partial charge in [-0.15, -0.1) is 0 Å². The second kappa shape index (κ2) is 6.00. The average molecular weight is 250 g/mol. The van der Waals surface area contributed by atoms with E-state index in [1.54, 1.807) is 6.92 Å². The van der Waals surface area contributed by atoms with Gasteiger partial charge in [-0.3, -0.25) is 9.89 Å². The molecule has 2 rings (SSSR count). The molecular formula is C13H22N4O. The highest BCUT2D eigenvalue weighted by atomic mass is 16.2. The molecule has 5 heteroatoms. The number of hydrogen-bond donors (Lipinski definition) is 3. The van der Waals surface area contributed by atoms with E-state index in [1.165, 1.54) is 38.5 Å². The molecule has 1 fully saturated rings. The van der Waals surface area contributed by atoms with Crippen LogP contribution in [0, 0.1) is 0 Å². The van der Waals surface area contributed by atoms with Gasteiger partial charge >= 0.3 is 0 Å². The Hall–Kier alpha value is -1.36. The van der Waals surface area contributed by atoms with Crippen LogP contribution in [0.15, 0.2) is 6.07 Å². The summed E-state index contributed by atoms with van der Waals surface area (Å²) in [6.07, 6.45) is 7.65. The molecule has 18 heavy (non-hydrogen) atoms. The third-order valence-electron chi connectivity index (χ3n) is 3.56. The maximum Gasteiger partial charge on any atom is 0.242 e. The summed E-state index contributed by atoms with van der Waals surface area (Å²) in [7, 11) is 0. The van der Waals surface area contributed by atoms with Gasteiger partial charge in [-0.1, -0.05) is 25.7 Å². The molecule has 0 aromatic carbocycles. The van der Waals surface area contributed by atoms with Crippen LogP contribution in [0.25, 0.3) is 0 Å². The van der Waals surface area contributed by atoms with Gasteiger partial charge in [0.2, 0.25) is 5.91 Å². The fourth-order valence-electron chi connectivity index (χ4n) is 2.44. The van der Waals surface area contributed by atoms with Gasteiger partial charge in [-0.05, 0) is 19.8 Å². The Balaban J connectivity index is 1.98. The number of carbonyl (C=O) groups is 1. The summed E-state index contributed by atoms with van der Waals surface area (Å²) >= 11 is 0. The van der Waals surface area contributed by atoms with E-state index in [0.29, 0.717) is 11.7 Å². The molecule has 1 heterocycles. The lowest BCUT2D eigenvalue weighted by atomic mass is 9.97. The zero-order valence-corrected chi connectivity index (χ0v) is 10.9. The number of H-pyrrole nitrogens is 1. The molecule has 1 saturated carbocycles. The minimum absolute atomic E-state index is 0.200. The third-order valence-corrected chi connectivity index (χ3v) is 3.56. The van der Waals surface area contributed by atoms with Crippen molar-refractivity contribution in [2.75, 3.05) is 5.32 Å². The summed E-state index contributed by atoms with van der Waals surface area (Å²) in [5.41, 5.74) is 6.64. The Morgan fingerprint density at radius 1 is 1.44 bits per heavy atom. The second-order valence-corrected chi connectivity index (χ2v) is 5.17. The first-order chi connectivity index (χ1) is 8.66. The zero-order valence-electron chi connectivity index (χ0n) is 10.9. The fourth-order valence-corrected chi connectivity index (χ4v) is 2.44. The topological polar surface area (TPSA) is 83.8 Å². The molecule has 0 saturated heterocycles.